The highest BCUT2D eigenvalue weighted by Crippen LogP contribution is 2.36. The number of imidazole rings is 1. The highest BCUT2D eigenvalue weighted by molar-refractivity contribution is 7.99. The molecule has 0 spiro atoms. The zero-order valence-corrected chi connectivity index (χ0v) is 35.9. The summed E-state index contributed by atoms with van der Waals surface area (Å²) in [5.41, 5.74) is 15.6. The molecule has 0 aliphatic carbocycles. The van der Waals surface area contributed by atoms with Gasteiger partial charge >= 0.3 is 0 Å². The van der Waals surface area contributed by atoms with Gasteiger partial charge in [0.25, 0.3) is 11.8 Å². The van der Waals surface area contributed by atoms with Gasteiger partial charge < -0.3 is 36.1 Å². The number of benzene rings is 3. The van der Waals surface area contributed by atoms with Crippen LogP contribution in [0.15, 0.2) is 76.6 Å². The summed E-state index contributed by atoms with van der Waals surface area (Å²) in [6.45, 7) is 18.3. The van der Waals surface area contributed by atoms with E-state index in [9.17, 15) is 9.59 Å². The number of nitrogens with two attached hydrogens (primary N) is 2. The third kappa shape index (κ3) is 14.3. The Labute approximate surface area is 349 Å². The van der Waals surface area contributed by atoms with Crippen molar-refractivity contribution in [2.75, 3.05) is 71.6 Å². The first-order valence-corrected chi connectivity index (χ1v) is 22.0. The van der Waals surface area contributed by atoms with E-state index in [0.717, 1.165) is 97.2 Å². The van der Waals surface area contributed by atoms with Gasteiger partial charge in [-0.05, 0) is 107 Å². The Morgan fingerprint density at radius 2 is 1.57 bits per heavy atom. The number of nitrogens with one attached hydrogen (secondary N) is 2. The largest absolute Gasteiger partial charge is 0.378 e. The van der Waals surface area contributed by atoms with Crippen LogP contribution in [0.5, 0.6) is 0 Å². The van der Waals surface area contributed by atoms with Crippen molar-refractivity contribution in [2.45, 2.75) is 70.7 Å². The summed E-state index contributed by atoms with van der Waals surface area (Å²) in [6, 6.07) is 21.8. The van der Waals surface area contributed by atoms with Crippen molar-refractivity contribution in [2.24, 2.45) is 28.3 Å². The number of rotatable bonds is 17. The average Bonchev–Trinajstić information content (AvgIpc) is 3.71. The van der Waals surface area contributed by atoms with Gasteiger partial charge in [0.05, 0.1) is 43.1 Å². The number of hydrogen-bond donors (Lipinski definition) is 4. The summed E-state index contributed by atoms with van der Waals surface area (Å²) in [5, 5.41) is 2.92. The van der Waals surface area contributed by atoms with E-state index < -0.39 is 0 Å². The maximum Gasteiger partial charge on any atom is 0.253 e. The monoisotopic (exact) mass is 814 g/mol. The summed E-state index contributed by atoms with van der Waals surface area (Å²) in [7, 11) is 0. The van der Waals surface area contributed by atoms with Crippen molar-refractivity contribution in [3.63, 3.8) is 0 Å². The fourth-order valence-electron chi connectivity index (χ4n) is 6.99. The standard InChI is InChI=1S/C39H49N7O4S.C4H11N.C2H6/c1-41-34-10-7-31(38(47)42-16-22-50-24-23-49-21-15-40)26-36(34)51-27-45-17-11-28(12-18-45)29-13-19-46(20-14-29)39(48)32-8-9-33-35(25-32)44-37(43-33)30-5-3-2-4-6-30;1-3-4(2)5;1-2/h2-10,25-26,28-29H,1,11-24,27,40H2,(H,42,47)(H,43,44);4H,3,5H2,1-2H3;1-2H3. The smallest absolute Gasteiger partial charge is 0.253 e. The number of carbonyl (C=O) groups is 2. The highest BCUT2D eigenvalue weighted by Gasteiger charge is 2.31. The zero-order chi connectivity index (χ0) is 41.7. The molecule has 0 saturated carbocycles. The van der Waals surface area contributed by atoms with Crippen LogP contribution in [-0.2, 0) is 9.47 Å². The highest BCUT2D eigenvalue weighted by atomic mass is 32.2. The van der Waals surface area contributed by atoms with E-state index in [1.807, 2.05) is 86.3 Å². The number of H-pyrrole nitrogens is 1. The molecule has 2 aliphatic rings. The number of nitrogens with zero attached hydrogens (tertiary/aromatic N) is 4. The molecular formula is C45H66N8O4S. The fourth-order valence-corrected chi connectivity index (χ4v) is 8.06. The SMILES string of the molecule is C=Nc1ccc(C(=O)NCCOCCOCCN)cc1SCN1CCC(C2CCN(C(=O)c3ccc4nc(-c5ccccc5)[nH]c4c3)CC2)CC1.CC.CCC(C)N. The van der Waals surface area contributed by atoms with Gasteiger partial charge in [-0.3, -0.25) is 19.5 Å². The van der Waals surface area contributed by atoms with Crippen molar-refractivity contribution >= 4 is 47.0 Å². The lowest BCUT2D eigenvalue weighted by Gasteiger charge is -2.40. The first-order valence-electron chi connectivity index (χ1n) is 21.0. The van der Waals surface area contributed by atoms with E-state index in [1.165, 1.54) is 0 Å². The predicted octanol–water partition coefficient (Wildman–Crippen LogP) is 7.37. The Kier molecular flexibility index (Phi) is 20.4. The topological polar surface area (TPSA) is 164 Å². The van der Waals surface area contributed by atoms with Crippen molar-refractivity contribution < 1.29 is 19.1 Å². The first kappa shape index (κ1) is 46.6. The summed E-state index contributed by atoms with van der Waals surface area (Å²) < 4.78 is 10.8. The van der Waals surface area contributed by atoms with Crippen LogP contribution in [0.1, 0.15) is 80.5 Å². The maximum absolute atomic E-state index is 13.5. The normalized spacial score (nSPS) is 15.5. The molecule has 2 fully saturated rings. The maximum atomic E-state index is 13.5. The number of piperidine rings is 2. The molecule has 0 radical (unpaired) electrons. The van der Waals surface area contributed by atoms with Crippen molar-refractivity contribution in [3.8, 4) is 11.4 Å². The Morgan fingerprint density at radius 3 is 2.21 bits per heavy atom. The minimum Gasteiger partial charge on any atom is -0.378 e. The van der Waals surface area contributed by atoms with E-state index in [0.29, 0.717) is 68.5 Å². The van der Waals surface area contributed by atoms with Gasteiger partial charge in [-0.2, -0.15) is 0 Å². The van der Waals surface area contributed by atoms with Gasteiger partial charge in [0, 0.05) is 59.7 Å². The van der Waals surface area contributed by atoms with Crippen LogP contribution in [0.3, 0.4) is 0 Å². The summed E-state index contributed by atoms with van der Waals surface area (Å²) in [6.07, 6.45) is 5.51. The number of aliphatic imine (C=N–C) groups is 1. The van der Waals surface area contributed by atoms with Gasteiger partial charge in [-0.15, -0.1) is 11.8 Å². The van der Waals surface area contributed by atoms with Gasteiger partial charge in [0.15, 0.2) is 0 Å². The van der Waals surface area contributed by atoms with Crippen LogP contribution >= 0.6 is 11.8 Å². The molecular weight excluding hydrogens is 749 g/mol. The zero-order valence-electron chi connectivity index (χ0n) is 35.1. The molecule has 2 amide bonds. The number of aromatic amines is 1. The van der Waals surface area contributed by atoms with Crippen LogP contribution in [0, 0.1) is 11.8 Å². The molecule has 3 heterocycles. The van der Waals surface area contributed by atoms with Gasteiger partial charge in [0.2, 0.25) is 0 Å². The summed E-state index contributed by atoms with van der Waals surface area (Å²) >= 11 is 1.70. The summed E-state index contributed by atoms with van der Waals surface area (Å²) in [4.78, 5) is 44.0. The Balaban J connectivity index is 0.000000987. The number of ether oxygens (including phenoxy) is 2. The van der Waals surface area contributed by atoms with Crippen molar-refractivity contribution in [3.05, 3.63) is 77.9 Å². The second-order valence-electron chi connectivity index (χ2n) is 14.5. The Bertz CT molecular complexity index is 1820. The molecule has 2 aliphatic heterocycles. The number of aromatic nitrogens is 2. The third-order valence-corrected chi connectivity index (χ3v) is 11.6. The fraction of sp³-hybridized carbons (Fsp3) is 0.511. The minimum atomic E-state index is -0.139. The molecule has 3 aromatic carbocycles. The average molecular weight is 815 g/mol. The number of thioether (sulfide) groups is 1. The van der Waals surface area contributed by atoms with Gasteiger partial charge in [0.1, 0.15) is 5.82 Å². The van der Waals surface area contributed by atoms with E-state index in [1.54, 1.807) is 17.8 Å². The van der Waals surface area contributed by atoms with Crippen LogP contribution in [0.4, 0.5) is 5.69 Å². The molecule has 316 valence electrons. The summed E-state index contributed by atoms with van der Waals surface area (Å²) in [5.74, 6) is 2.94. The van der Waals surface area contributed by atoms with Crippen molar-refractivity contribution in [1.29, 1.82) is 0 Å². The lowest BCUT2D eigenvalue weighted by molar-refractivity contribution is 0.0511. The lowest BCUT2D eigenvalue weighted by atomic mass is 9.79. The second-order valence-corrected chi connectivity index (χ2v) is 15.5. The molecule has 6 N–H and O–H groups in total. The molecule has 1 unspecified atom stereocenters. The number of likely N-dealkylation sites (tertiary alicyclic amines) is 2. The number of carbonyl (C=O) groups excluding carboxylic acids is 2. The molecule has 1 aromatic heterocycles. The van der Waals surface area contributed by atoms with E-state index >= 15 is 0 Å². The van der Waals surface area contributed by atoms with Crippen LogP contribution in [0.25, 0.3) is 22.4 Å². The van der Waals surface area contributed by atoms with E-state index in [2.05, 4.69) is 33.8 Å². The Morgan fingerprint density at radius 1 is 0.931 bits per heavy atom. The molecule has 4 aromatic rings. The molecule has 1 atom stereocenters. The third-order valence-electron chi connectivity index (χ3n) is 10.5. The van der Waals surface area contributed by atoms with Crippen LogP contribution in [0.2, 0.25) is 0 Å². The first-order chi connectivity index (χ1) is 28.3. The van der Waals surface area contributed by atoms with Crippen LogP contribution in [-0.4, -0.2) is 116 Å². The minimum absolute atomic E-state index is 0.0993. The second kappa shape index (κ2) is 25.4. The number of amides is 2. The molecule has 0 bridgehead atoms. The number of fused-ring (bicyclic) bond motifs is 1. The van der Waals surface area contributed by atoms with Crippen LogP contribution < -0.4 is 16.8 Å². The van der Waals surface area contributed by atoms with Crippen molar-refractivity contribution in [1.82, 2.24) is 25.1 Å². The van der Waals surface area contributed by atoms with E-state index in [-0.39, 0.29) is 11.8 Å². The quantitative estimate of drug-likeness (QED) is 0.0484. The molecule has 58 heavy (non-hydrogen) atoms. The molecule has 2 saturated heterocycles. The van der Waals surface area contributed by atoms with Gasteiger partial charge in [-0.25, -0.2) is 4.98 Å². The molecule has 12 nitrogen and oxygen atoms in total. The lowest BCUT2D eigenvalue weighted by Crippen LogP contribution is -2.42. The predicted molar refractivity (Wildman–Crippen MR) is 239 cm³/mol. The molecule has 13 heteroatoms. The Hall–Kier alpha value is -4.11. The van der Waals surface area contributed by atoms with E-state index in [4.69, 9.17) is 25.9 Å². The number of hydrogen-bond acceptors (Lipinski definition) is 10. The molecule has 6 rings (SSSR count). The van der Waals surface area contributed by atoms with Gasteiger partial charge in [-0.1, -0.05) is 51.1 Å².